The van der Waals surface area contributed by atoms with Crippen molar-refractivity contribution in [2.45, 2.75) is 57.8 Å². The van der Waals surface area contributed by atoms with Crippen LogP contribution in [0.4, 0.5) is 5.13 Å². The maximum atomic E-state index is 12.4. The third-order valence-electron chi connectivity index (χ3n) is 6.40. The summed E-state index contributed by atoms with van der Waals surface area (Å²) in [6.07, 6.45) is 7.64. The number of ketones is 1. The summed E-state index contributed by atoms with van der Waals surface area (Å²) in [4.78, 5) is 24.6. The first-order chi connectivity index (χ1) is 17.1. The largest absolute Gasteiger partial charge is 0.317 e. The summed E-state index contributed by atoms with van der Waals surface area (Å²) in [5, 5.41) is 29.8. The SMILES string of the molecule is O=C(Cc1nnc(CCSCCc2nnc(NC(=O)CC3CCNCC3)s2)s1)CC1CCNCC1. The number of thioether (sulfide) groups is 1. The lowest BCUT2D eigenvalue weighted by atomic mass is 9.92. The number of carbonyl (C=O) groups excluding carboxylic acids is 2. The van der Waals surface area contributed by atoms with E-state index < -0.39 is 0 Å². The summed E-state index contributed by atoms with van der Waals surface area (Å²) in [6, 6.07) is 0. The van der Waals surface area contributed by atoms with E-state index >= 15 is 0 Å². The van der Waals surface area contributed by atoms with Crippen LogP contribution in [0.2, 0.25) is 0 Å². The van der Waals surface area contributed by atoms with Crippen molar-refractivity contribution in [3.63, 3.8) is 0 Å². The minimum absolute atomic E-state index is 0.0402. The number of hydrogen-bond acceptors (Lipinski definition) is 11. The quantitative estimate of drug-likeness (QED) is 0.331. The van der Waals surface area contributed by atoms with E-state index in [1.807, 2.05) is 11.8 Å². The van der Waals surface area contributed by atoms with Gasteiger partial charge in [-0.25, -0.2) is 0 Å². The molecule has 192 valence electrons. The Bertz CT molecular complexity index is 865. The summed E-state index contributed by atoms with van der Waals surface area (Å²) in [5.41, 5.74) is 0. The molecule has 0 aromatic carbocycles. The maximum absolute atomic E-state index is 12.4. The number of nitrogens with one attached hydrogen (secondary N) is 3. The fraction of sp³-hybridized carbons (Fsp3) is 0.739. The van der Waals surface area contributed by atoms with Crippen LogP contribution in [-0.2, 0) is 28.9 Å². The van der Waals surface area contributed by atoms with Crippen molar-refractivity contribution >= 4 is 51.3 Å². The molecule has 2 aromatic heterocycles. The van der Waals surface area contributed by atoms with Gasteiger partial charge in [-0.1, -0.05) is 11.3 Å². The van der Waals surface area contributed by atoms with Crippen molar-refractivity contribution in [3.05, 3.63) is 15.0 Å². The Kier molecular flexibility index (Phi) is 10.9. The van der Waals surface area contributed by atoms with Gasteiger partial charge in [0, 0.05) is 25.7 Å². The van der Waals surface area contributed by atoms with Crippen LogP contribution in [0.3, 0.4) is 0 Å². The van der Waals surface area contributed by atoms with Gasteiger partial charge in [-0.15, -0.1) is 31.7 Å². The predicted molar refractivity (Wildman–Crippen MR) is 142 cm³/mol. The number of amides is 1. The summed E-state index contributed by atoms with van der Waals surface area (Å²) in [7, 11) is 0. The predicted octanol–water partition coefficient (Wildman–Crippen LogP) is 2.74. The van der Waals surface area contributed by atoms with Gasteiger partial charge in [0.2, 0.25) is 11.0 Å². The molecule has 2 aliphatic heterocycles. The Morgan fingerprint density at radius 1 is 0.800 bits per heavy atom. The van der Waals surface area contributed by atoms with Crippen molar-refractivity contribution in [1.29, 1.82) is 0 Å². The molecule has 0 spiro atoms. The van der Waals surface area contributed by atoms with E-state index in [1.165, 1.54) is 11.3 Å². The van der Waals surface area contributed by atoms with Gasteiger partial charge >= 0.3 is 0 Å². The van der Waals surface area contributed by atoms with Crippen LogP contribution in [0.5, 0.6) is 0 Å². The first kappa shape index (κ1) is 26.6. The molecule has 1 amide bonds. The minimum Gasteiger partial charge on any atom is -0.317 e. The number of aromatic nitrogens is 4. The summed E-state index contributed by atoms with van der Waals surface area (Å²) in [6.45, 7) is 4.04. The van der Waals surface area contributed by atoms with Gasteiger partial charge in [0.15, 0.2) is 0 Å². The average molecular weight is 538 g/mol. The molecule has 4 rings (SSSR count). The van der Waals surface area contributed by atoms with E-state index in [0.717, 1.165) is 91.2 Å². The number of aryl methyl sites for hydroxylation is 2. The zero-order valence-corrected chi connectivity index (χ0v) is 22.5. The smallest absolute Gasteiger partial charge is 0.226 e. The highest BCUT2D eigenvalue weighted by Gasteiger charge is 2.19. The lowest BCUT2D eigenvalue weighted by molar-refractivity contribution is -0.119. The normalized spacial score (nSPS) is 17.5. The molecule has 3 N–H and O–H groups in total. The van der Waals surface area contributed by atoms with E-state index in [9.17, 15) is 9.59 Å². The topological polar surface area (TPSA) is 122 Å². The molecule has 2 aromatic rings. The van der Waals surface area contributed by atoms with Crippen LogP contribution in [0.1, 0.15) is 53.5 Å². The fourth-order valence-electron chi connectivity index (χ4n) is 4.45. The number of anilines is 1. The Labute approximate surface area is 219 Å². The molecule has 2 saturated heterocycles. The zero-order valence-electron chi connectivity index (χ0n) is 20.1. The van der Waals surface area contributed by atoms with Gasteiger partial charge in [-0.2, -0.15) is 11.8 Å². The second-order valence-electron chi connectivity index (χ2n) is 9.26. The number of hydrogen-bond donors (Lipinski definition) is 3. The second-order valence-corrected chi connectivity index (χ2v) is 12.7. The molecule has 0 unspecified atom stereocenters. The molecule has 0 bridgehead atoms. The highest BCUT2D eigenvalue weighted by atomic mass is 32.2. The Morgan fingerprint density at radius 3 is 2.06 bits per heavy atom. The molecule has 2 fully saturated rings. The number of piperidine rings is 2. The van der Waals surface area contributed by atoms with Crippen molar-refractivity contribution in [1.82, 2.24) is 31.0 Å². The van der Waals surface area contributed by atoms with Gasteiger partial charge in [0.05, 0.1) is 6.42 Å². The number of nitrogens with zero attached hydrogens (tertiary/aromatic N) is 4. The molecular weight excluding hydrogens is 503 g/mol. The van der Waals surface area contributed by atoms with Gasteiger partial charge in [-0.05, 0) is 75.2 Å². The minimum atomic E-state index is 0.0402. The van der Waals surface area contributed by atoms with Crippen LogP contribution in [0.15, 0.2) is 0 Å². The standard InChI is InChI=1S/C23H35N7O2S3/c31-18(13-16-1-7-24-8-2-16)15-22-29-27-20(34-22)5-11-33-12-6-21-28-30-23(35-21)26-19(32)14-17-3-9-25-10-4-17/h16-17,24-25H,1-15H2,(H,26,30,32). The summed E-state index contributed by atoms with van der Waals surface area (Å²) < 4.78 is 0. The van der Waals surface area contributed by atoms with Crippen molar-refractivity contribution in [2.75, 3.05) is 43.0 Å². The van der Waals surface area contributed by atoms with Gasteiger partial charge in [0.1, 0.15) is 20.8 Å². The van der Waals surface area contributed by atoms with Crippen molar-refractivity contribution in [3.8, 4) is 0 Å². The highest BCUT2D eigenvalue weighted by Crippen LogP contribution is 2.22. The monoisotopic (exact) mass is 537 g/mol. The second kappa shape index (κ2) is 14.3. The first-order valence-electron chi connectivity index (χ1n) is 12.6. The van der Waals surface area contributed by atoms with Crippen molar-refractivity contribution < 1.29 is 9.59 Å². The molecule has 0 radical (unpaired) electrons. The van der Waals surface area contributed by atoms with E-state index in [4.69, 9.17) is 0 Å². The summed E-state index contributed by atoms with van der Waals surface area (Å²) in [5.74, 6) is 3.21. The van der Waals surface area contributed by atoms with E-state index in [1.54, 1.807) is 11.3 Å². The molecule has 12 heteroatoms. The number of carbonyl (C=O) groups is 2. The fourth-order valence-corrected chi connectivity index (χ4v) is 7.22. The average Bonchev–Trinajstić information content (AvgIpc) is 3.49. The molecule has 35 heavy (non-hydrogen) atoms. The molecule has 4 heterocycles. The lowest BCUT2D eigenvalue weighted by Gasteiger charge is -2.21. The summed E-state index contributed by atoms with van der Waals surface area (Å²) >= 11 is 4.88. The number of rotatable bonds is 13. The van der Waals surface area contributed by atoms with E-state index in [2.05, 4.69) is 36.3 Å². The Hall–Kier alpha value is -1.47. The highest BCUT2D eigenvalue weighted by molar-refractivity contribution is 7.99. The van der Waals surface area contributed by atoms with Gasteiger partial charge < -0.3 is 16.0 Å². The van der Waals surface area contributed by atoms with Crippen LogP contribution in [-0.4, -0.2) is 69.8 Å². The Morgan fingerprint density at radius 2 is 1.37 bits per heavy atom. The molecular formula is C23H35N7O2S3. The number of Topliss-reactive ketones (excluding diaryl/α,β-unsaturated/α-hetero) is 1. The Balaban J connectivity index is 1.08. The molecule has 9 nitrogen and oxygen atoms in total. The molecule has 2 aliphatic rings. The maximum Gasteiger partial charge on any atom is 0.226 e. The zero-order chi connectivity index (χ0) is 24.3. The van der Waals surface area contributed by atoms with Crippen molar-refractivity contribution in [2.24, 2.45) is 11.8 Å². The molecule has 0 saturated carbocycles. The van der Waals surface area contributed by atoms with Gasteiger partial charge in [0.25, 0.3) is 0 Å². The van der Waals surface area contributed by atoms with Crippen LogP contribution >= 0.6 is 34.4 Å². The van der Waals surface area contributed by atoms with Gasteiger partial charge in [-0.3, -0.25) is 9.59 Å². The third-order valence-corrected chi connectivity index (χ3v) is 9.27. The van der Waals surface area contributed by atoms with Crippen LogP contribution < -0.4 is 16.0 Å². The van der Waals surface area contributed by atoms with E-state index in [0.29, 0.717) is 36.2 Å². The van der Waals surface area contributed by atoms with Crippen LogP contribution in [0.25, 0.3) is 0 Å². The molecule has 0 atom stereocenters. The molecule has 0 aliphatic carbocycles. The third kappa shape index (κ3) is 9.49. The van der Waals surface area contributed by atoms with E-state index in [-0.39, 0.29) is 11.7 Å². The lowest BCUT2D eigenvalue weighted by Crippen LogP contribution is -2.30. The first-order valence-corrected chi connectivity index (χ1v) is 15.4. The van der Waals surface area contributed by atoms with Crippen LogP contribution in [0, 0.1) is 11.8 Å².